The molecule has 0 fully saturated rings. The number of hydroxylamine groups is 2. The van der Waals surface area contributed by atoms with Crippen LogP contribution in [0, 0.1) is 10.1 Å². The molecular weight excluding hydrogens is 562 g/mol. The van der Waals surface area contributed by atoms with Crippen molar-refractivity contribution in [2.75, 3.05) is 20.3 Å². The molecule has 0 spiro atoms. The van der Waals surface area contributed by atoms with Crippen LogP contribution in [0.2, 0.25) is 0 Å². The van der Waals surface area contributed by atoms with Crippen molar-refractivity contribution in [3.63, 3.8) is 0 Å². The lowest BCUT2D eigenvalue weighted by Gasteiger charge is -2.29. The average Bonchev–Trinajstić information content (AvgIpc) is 3.22. The van der Waals surface area contributed by atoms with Gasteiger partial charge >= 0.3 is 12.2 Å². The Labute approximate surface area is 249 Å². The Morgan fingerprint density at radius 2 is 1.72 bits per heavy atom. The number of aromatic nitrogens is 1. The van der Waals surface area contributed by atoms with Crippen molar-refractivity contribution < 1.29 is 43.4 Å². The lowest BCUT2D eigenvalue weighted by molar-refractivity contribution is -0.383. The number of methoxy groups -OCH3 is 1. The molecule has 1 unspecified atom stereocenters. The molecule has 0 bridgehead atoms. The highest BCUT2D eigenvalue weighted by atomic mass is 16.8. The van der Waals surface area contributed by atoms with E-state index in [2.05, 4.69) is 0 Å². The van der Waals surface area contributed by atoms with Crippen LogP contribution in [-0.4, -0.2) is 63.4 Å². The number of hydrogen-bond donors (Lipinski definition) is 1. The molecule has 13 heteroatoms. The molecule has 0 aliphatic carbocycles. The largest absolute Gasteiger partial charge is 0.534 e. The molecule has 1 amide bonds. The molecule has 1 N–H and O–H groups in total. The molecule has 1 heterocycles. The van der Waals surface area contributed by atoms with Gasteiger partial charge in [0.2, 0.25) is 5.88 Å². The lowest BCUT2D eigenvalue weighted by atomic mass is 10.0. The first-order chi connectivity index (χ1) is 20.0. The highest BCUT2D eigenvalue weighted by Gasteiger charge is 2.31. The molecule has 0 aliphatic heterocycles. The van der Waals surface area contributed by atoms with Crippen LogP contribution in [0.15, 0.2) is 42.6 Å². The van der Waals surface area contributed by atoms with Crippen LogP contribution in [-0.2, 0) is 14.3 Å². The number of amides is 1. The van der Waals surface area contributed by atoms with E-state index in [4.69, 9.17) is 23.8 Å². The third-order valence-corrected chi connectivity index (χ3v) is 6.00. The van der Waals surface area contributed by atoms with Gasteiger partial charge in [0, 0.05) is 17.6 Å². The SMILES string of the molecule is CCOc1cc(C(CCN(OC(=O)OC(C)(C)C)C(=O)OC(C)(C)C)n2cc3cccc([N+](=O)[O-])c3c2O)ccc1OC. The van der Waals surface area contributed by atoms with Crippen molar-refractivity contribution in [2.24, 2.45) is 0 Å². The molecule has 0 saturated heterocycles. The van der Waals surface area contributed by atoms with E-state index < -0.39 is 34.4 Å². The fourth-order valence-electron chi connectivity index (χ4n) is 4.36. The lowest BCUT2D eigenvalue weighted by Crippen LogP contribution is -2.40. The number of ether oxygens (including phenoxy) is 4. The molecular formula is C30H39N3O10. The molecule has 0 saturated carbocycles. The maximum Gasteiger partial charge on any atom is 0.534 e. The highest BCUT2D eigenvalue weighted by Crippen LogP contribution is 2.40. The van der Waals surface area contributed by atoms with Gasteiger partial charge in [-0.15, -0.1) is 5.06 Å². The summed E-state index contributed by atoms with van der Waals surface area (Å²) in [6.07, 6.45) is -0.399. The Kier molecular flexibility index (Phi) is 10.00. The Hall–Kier alpha value is -4.68. The van der Waals surface area contributed by atoms with Gasteiger partial charge in [-0.3, -0.25) is 10.1 Å². The van der Waals surface area contributed by atoms with Crippen LogP contribution < -0.4 is 9.47 Å². The smallest absolute Gasteiger partial charge is 0.494 e. The summed E-state index contributed by atoms with van der Waals surface area (Å²) in [5.41, 5.74) is -1.43. The van der Waals surface area contributed by atoms with Gasteiger partial charge < -0.3 is 33.5 Å². The molecule has 3 rings (SSSR count). The third kappa shape index (κ3) is 8.43. The first-order valence-electron chi connectivity index (χ1n) is 13.7. The van der Waals surface area contributed by atoms with Crippen molar-refractivity contribution >= 4 is 28.7 Å². The van der Waals surface area contributed by atoms with Crippen LogP contribution in [0.25, 0.3) is 10.8 Å². The van der Waals surface area contributed by atoms with Crippen LogP contribution in [0.3, 0.4) is 0 Å². The zero-order chi connectivity index (χ0) is 32.1. The third-order valence-electron chi connectivity index (χ3n) is 6.00. The Morgan fingerprint density at radius 1 is 1.05 bits per heavy atom. The zero-order valence-corrected chi connectivity index (χ0v) is 25.7. The molecule has 2 aromatic carbocycles. The molecule has 43 heavy (non-hydrogen) atoms. The number of rotatable bonds is 9. The van der Waals surface area contributed by atoms with Gasteiger partial charge in [-0.25, -0.2) is 9.59 Å². The van der Waals surface area contributed by atoms with E-state index >= 15 is 0 Å². The number of fused-ring (bicyclic) bond motifs is 1. The Bertz CT molecular complexity index is 1470. The van der Waals surface area contributed by atoms with E-state index in [9.17, 15) is 24.8 Å². The van der Waals surface area contributed by atoms with Gasteiger partial charge in [0.05, 0.1) is 31.2 Å². The molecule has 1 aromatic heterocycles. The summed E-state index contributed by atoms with van der Waals surface area (Å²) in [6, 6.07) is 8.91. The molecule has 0 aliphatic rings. The summed E-state index contributed by atoms with van der Waals surface area (Å²) in [5, 5.41) is 24.3. The number of carbonyl (C=O) groups is 2. The second-order valence-corrected chi connectivity index (χ2v) is 11.6. The van der Waals surface area contributed by atoms with Crippen molar-refractivity contribution in [3.05, 3.63) is 58.3 Å². The van der Waals surface area contributed by atoms with Crippen LogP contribution >= 0.6 is 0 Å². The first kappa shape index (κ1) is 32.8. The zero-order valence-electron chi connectivity index (χ0n) is 25.7. The van der Waals surface area contributed by atoms with Crippen molar-refractivity contribution in [2.45, 2.75) is 72.1 Å². The molecule has 3 aromatic rings. The molecule has 13 nitrogen and oxygen atoms in total. The van der Waals surface area contributed by atoms with E-state index in [-0.39, 0.29) is 29.9 Å². The quantitative estimate of drug-likeness (QED) is 0.158. The van der Waals surface area contributed by atoms with Gasteiger partial charge in [-0.1, -0.05) is 18.2 Å². The maximum absolute atomic E-state index is 13.1. The Balaban J connectivity index is 2.10. The number of nitrogens with zero attached hydrogens (tertiary/aromatic N) is 3. The second kappa shape index (κ2) is 13.1. The summed E-state index contributed by atoms with van der Waals surface area (Å²) >= 11 is 0. The average molecular weight is 602 g/mol. The van der Waals surface area contributed by atoms with Crippen molar-refractivity contribution in [1.29, 1.82) is 0 Å². The predicted molar refractivity (Wildman–Crippen MR) is 157 cm³/mol. The number of nitro groups is 1. The minimum absolute atomic E-state index is 0.0578. The first-order valence-corrected chi connectivity index (χ1v) is 13.7. The summed E-state index contributed by atoms with van der Waals surface area (Å²) in [5.74, 6) is 0.562. The summed E-state index contributed by atoms with van der Waals surface area (Å²) in [7, 11) is 1.51. The summed E-state index contributed by atoms with van der Waals surface area (Å²) in [6.45, 7) is 11.9. The fraction of sp³-hybridized carbons (Fsp3) is 0.467. The van der Waals surface area contributed by atoms with E-state index in [1.54, 1.807) is 72.0 Å². The second-order valence-electron chi connectivity index (χ2n) is 11.6. The minimum Gasteiger partial charge on any atom is -0.494 e. The standard InChI is InChI=1S/C30H39N3O10/c1-9-40-24-17-19(13-14-23(24)39-8)21(31-18-20-11-10-12-22(33(37)38)25(20)26(31)34)15-16-32(27(35)41-29(2,3)4)43-28(36)42-30(5,6)7/h10-14,17-18,21,34H,9,15-16H2,1-8H3. The number of carbonyl (C=O) groups excluding carboxylic acids is 2. The van der Waals surface area contributed by atoms with Gasteiger partial charge in [-0.2, -0.15) is 0 Å². The monoisotopic (exact) mass is 601 g/mol. The molecule has 0 radical (unpaired) electrons. The molecule has 234 valence electrons. The van der Waals surface area contributed by atoms with Crippen molar-refractivity contribution in [3.8, 4) is 17.4 Å². The number of aromatic hydroxyl groups is 1. The van der Waals surface area contributed by atoms with Crippen LogP contribution in [0.4, 0.5) is 15.3 Å². The number of benzene rings is 2. The Morgan fingerprint density at radius 3 is 2.30 bits per heavy atom. The number of non-ortho nitro benzene ring substituents is 1. The van der Waals surface area contributed by atoms with Gasteiger partial charge in [0.25, 0.3) is 5.69 Å². The van der Waals surface area contributed by atoms with Crippen molar-refractivity contribution in [1.82, 2.24) is 9.63 Å². The normalized spacial score (nSPS) is 12.4. The predicted octanol–water partition coefficient (Wildman–Crippen LogP) is 6.75. The van der Waals surface area contributed by atoms with E-state index in [1.807, 2.05) is 6.92 Å². The molecule has 1 atom stereocenters. The number of hydrogen-bond acceptors (Lipinski definition) is 10. The van der Waals surface area contributed by atoms with Gasteiger partial charge in [0.1, 0.15) is 16.6 Å². The van der Waals surface area contributed by atoms with E-state index in [1.165, 1.54) is 23.8 Å². The number of nitro benzene ring substituents is 1. The van der Waals surface area contributed by atoms with E-state index in [0.29, 0.717) is 29.1 Å². The topological polar surface area (TPSA) is 152 Å². The van der Waals surface area contributed by atoms with Crippen LogP contribution in [0.1, 0.15) is 66.5 Å². The highest BCUT2D eigenvalue weighted by molar-refractivity contribution is 5.95. The summed E-state index contributed by atoms with van der Waals surface area (Å²) < 4.78 is 23.3. The minimum atomic E-state index is -1.11. The van der Waals surface area contributed by atoms with E-state index in [0.717, 1.165) is 5.06 Å². The van der Waals surface area contributed by atoms with Gasteiger partial charge in [-0.05, 0) is 72.6 Å². The maximum atomic E-state index is 13.1. The fourth-order valence-corrected chi connectivity index (χ4v) is 4.36. The summed E-state index contributed by atoms with van der Waals surface area (Å²) in [4.78, 5) is 42.1. The van der Waals surface area contributed by atoms with Gasteiger partial charge in [0.15, 0.2) is 11.5 Å². The van der Waals surface area contributed by atoms with Crippen LogP contribution in [0.5, 0.6) is 17.4 Å².